The van der Waals surface area contributed by atoms with E-state index in [0.717, 1.165) is 0 Å². The monoisotopic (exact) mass is 304 g/mol. The minimum Gasteiger partial charge on any atom is -0.481 e. The van der Waals surface area contributed by atoms with Gasteiger partial charge in [0, 0.05) is 46.3 Å². The summed E-state index contributed by atoms with van der Waals surface area (Å²) in [6, 6.07) is -0.0941. The van der Waals surface area contributed by atoms with Gasteiger partial charge in [0.05, 0.1) is 13.2 Å². The van der Waals surface area contributed by atoms with Crippen LogP contribution in [0.5, 0.6) is 0 Å². The van der Waals surface area contributed by atoms with Crippen molar-refractivity contribution in [3.63, 3.8) is 0 Å². The van der Waals surface area contributed by atoms with Crippen LogP contribution in [0.2, 0.25) is 0 Å². The molecule has 21 heavy (non-hydrogen) atoms. The molecule has 0 rings (SSSR count). The van der Waals surface area contributed by atoms with Crippen molar-refractivity contribution in [2.24, 2.45) is 0 Å². The number of amides is 2. The first-order chi connectivity index (χ1) is 9.93. The molecule has 0 aliphatic carbocycles. The van der Waals surface area contributed by atoms with Gasteiger partial charge in [0.1, 0.15) is 0 Å². The second-order valence-electron chi connectivity index (χ2n) is 5.04. The predicted molar refractivity (Wildman–Crippen MR) is 79.4 cm³/mol. The fourth-order valence-electron chi connectivity index (χ4n) is 1.86. The van der Waals surface area contributed by atoms with Crippen LogP contribution in [0.1, 0.15) is 26.7 Å². The molecule has 0 saturated heterocycles. The Hall–Kier alpha value is -1.34. The SMILES string of the molecule is COCCN(CCOC)C(=O)N(CCCC(=O)O)C(C)C. The zero-order valence-electron chi connectivity index (χ0n) is 13.5. The van der Waals surface area contributed by atoms with Gasteiger partial charge in [0.2, 0.25) is 0 Å². The fraction of sp³-hybridized carbons (Fsp3) is 0.857. The molecule has 124 valence electrons. The maximum absolute atomic E-state index is 12.6. The first kappa shape index (κ1) is 19.7. The third kappa shape index (κ3) is 8.52. The van der Waals surface area contributed by atoms with Gasteiger partial charge in [0.15, 0.2) is 0 Å². The summed E-state index contributed by atoms with van der Waals surface area (Å²) in [5, 5.41) is 8.70. The highest BCUT2D eigenvalue weighted by Gasteiger charge is 2.22. The number of rotatable bonds is 11. The Morgan fingerprint density at radius 2 is 1.57 bits per heavy atom. The number of nitrogens with zero attached hydrogens (tertiary/aromatic N) is 2. The number of hydrogen-bond acceptors (Lipinski definition) is 4. The standard InChI is InChI=1S/C14H28N2O5/c1-12(2)16(7-5-6-13(17)18)14(19)15(8-10-20-3)9-11-21-4/h12H,5-11H2,1-4H3,(H,17,18). The Kier molecular flexibility index (Phi) is 10.6. The highest BCUT2D eigenvalue weighted by atomic mass is 16.5. The van der Waals surface area contributed by atoms with Crippen LogP contribution in [0, 0.1) is 0 Å². The predicted octanol–water partition coefficient (Wildman–Crippen LogP) is 1.28. The highest BCUT2D eigenvalue weighted by Crippen LogP contribution is 2.07. The first-order valence-corrected chi connectivity index (χ1v) is 7.19. The molecular formula is C14H28N2O5. The van der Waals surface area contributed by atoms with E-state index >= 15 is 0 Å². The summed E-state index contributed by atoms with van der Waals surface area (Å²) < 4.78 is 10.0. The number of hydrogen-bond donors (Lipinski definition) is 1. The van der Waals surface area contributed by atoms with Gasteiger partial charge < -0.3 is 24.4 Å². The lowest BCUT2D eigenvalue weighted by atomic mass is 10.2. The van der Waals surface area contributed by atoms with E-state index in [9.17, 15) is 9.59 Å². The number of carboxylic acid groups (broad SMARTS) is 1. The largest absolute Gasteiger partial charge is 0.481 e. The van der Waals surface area contributed by atoms with Gasteiger partial charge in [-0.25, -0.2) is 4.79 Å². The first-order valence-electron chi connectivity index (χ1n) is 7.19. The van der Waals surface area contributed by atoms with Gasteiger partial charge in [-0.3, -0.25) is 4.79 Å². The lowest BCUT2D eigenvalue weighted by Crippen LogP contribution is -2.48. The number of carbonyl (C=O) groups is 2. The van der Waals surface area contributed by atoms with Crippen LogP contribution in [0.4, 0.5) is 4.79 Å². The molecule has 0 spiro atoms. The highest BCUT2D eigenvalue weighted by molar-refractivity contribution is 5.75. The van der Waals surface area contributed by atoms with Crippen molar-refractivity contribution in [1.82, 2.24) is 9.80 Å². The summed E-state index contributed by atoms with van der Waals surface area (Å²) >= 11 is 0. The van der Waals surface area contributed by atoms with Crippen LogP contribution in [0.3, 0.4) is 0 Å². The topological polar surface area (TPSA) is 79.3 Å². The molecule has 0 fully saturated rings. The summed E-state index contributed by atoms with van der Waals surface area (Å²) in [5.41, 5.74) is 0. The van der Waals surface area contributed by atoms with Crippen molar-refractivity contribution in [3.8, 4) is 0 Å². The maximum Gasteiger partial charge on any atom is 0.320 e. The van der Waals surface area contributed by atoms with Crippen LogP contribution in [0.15, 0.2) is 0 Å². The average Bonchev–Trinajstić information content (AvgIpc) is 2.42. The van der Waals surface area contributed by atoms with Crippen LogP contribution in [-0.2, 0) is 14.3 Å². The molecule has 0 aromatic carbocycles. The maximum atomic E-state index is 12.6. The number of aliphatic carboxylic acids is 1. The number of urea groups is 1. The molecule has 0 heterocycles. The molecule has 0 aliphatic rings. The second-order valence-corrected chi connectivity index (χ2v) is 5.04. The van der Waals surface area contributed by atoms with Crippen molar-refractivity contribution in [2.45, 2.75) is 32.7 Å². The van der Waals surface area contributed by atoms with E-state index in [4.69, 9.17) is 14.6 Å². The molecule has 0 aromatic rings. The van der Waals surface area contributed by atoms with Crippen LogP contribution < -0.4 is 0 Å². The number of carbonyl (C=O) groups excluding carboxylic acids is 1. The van der Waals surface area contributed by atoms with Crippen molar-refractivity contribution in [3.05, 3.63) is 0 Å². The van der Waals surface area contributed by atoms with Crippen molar-refractivity contribution in [2.75, 3.05) is 47.1 Å². The quantitative estimate of drug-likeness (QED) is 0.622. The smallest absolute Gasteiger partial charge is 0.320 e. The molecule has 0 radical (unpaired) electrons. The minimum atomic E-state index is -0.846. The van der Waals surface area contributed by atoms with Gasteiger partial charge in [-0.2, -0.15) is 0 Å². The molecule has 7 nitrogen and oxygen atoms in total. The van der Waals surface area contributed by atoms with Crippen LogP contribution in [-0.4, -0.2) is 80.0 Å². The van der Waals surface area contributed by atoms with E-state index in [-0.39, 0.29) is 18.5 Å². The molecule has 2 amide bonds. The number of methoxy groups -OCH3 is 2. The molecule has 0 atom stereocenters. The van der Waals surface area contributed by atoms with E-state index in [1.807, 2.05) is 13.8 Å². The minimum absolute atomic E-state index is 0.0129. The summed E-state index contributed by atoms with van der Waals surface area (Å²) in [6.45, 7) is 6.15. The lowest BCUT2D eigenvalue weighted by Gasteiger charge is -2.33. The van der Waals surface area contributed by atoms with Crippen LogP contribution in [0.25, 0.3) is 0 Å². The van der Waals surface area contributed by atoms with E-state index in [2.05, 4.69) is 0 Å². The summed E-state index contributed by atoms with van der Waals surface area (Å²) in [7, 11) is 3.18. The van der Waals surface area contributed by atoms with E-state index in [1.165, 1.54) is 0 Å². The second kappa shape index (κ2) is 11.3. The molecule has 0 aliphatic heterocycles. The zero-order valence-corrected chi connectivity index (χ0v) is 13.5. The van der Waals surface area contributed by atoms with Gasteiger partial charge >= 0.3 is 12.0 Å². The molecule has 7 heteroatoms. The van der Waals surface area contributed by atoms with Crippen molar-refractivity contribution < 1.29 is 24.2 Å². The van der Waals surface area contributed by atoms with Gasteiger partial charge in [0.25, 0.3) is 0 Å². The molecule has 0 aromatic heterocycles. The Balaban J connectivity index is 4.64. The Labute approximate surface area is 126 Å². The normalized spacial score (nSPS) is 10.7. The van der Waals surface area contributed by atoms with Crippen molar-refractivity contribution in [1.29, 1.82) is 0 Å². The van der Waals surface area contributed by atoms with Crippen molar-refractivity contribution >= 4 is 12.0 Å². The third-order valence-corrected chi connectivity index (χ3v) is 3.06. The van der Waals surface area contributed by atoms with E-state index in [1.54, 1.807) is 24.0 Å². The lowest BCUT2D eigenvalue weighted by molar-refractivity contribution is -0.137. The average molecular weight is 304 g/mol. The van der Waals surface area contributed by atoms with Gasteiger partial charge in [-0.15, -0.1) is 0 Å². The summed E-state index contributed by atoms with van der Waals surface area (Å²) in [6.07, 6.45) is 0.508. The molecule has 0 unspecified atom stereocenters. The Morgan fingerprint density at radius 1 is 1.05 bits per heavy atom. The van der Waals surface area contributed by atoms with Gasteiger partial charge in [-0.1, -0.05) is 0 Å². The summed E-state index contributed by atoms with van der Waals surface area (Å²) in [5.74, 6) is -0.846. The zero-order chi connectivity index (χ0) is 16.3. The Bertz CT molecular complexity index is 302. The Morgan fingerprint density at radius 3 is 1.95 bits per heavy atom. The van der Waals surface area contributed by atoms with Crippen LogP contribution >= 0.6 is 0 Å². The number of carboxylic acids is 1. The third-order valence-electron chi connectivity index (χ3n) is 3.06. The molecule has 0 saturated carbocycles. The molecule has 0 bridgehead atoms. The van der Waals surface area contributed by atoms with E-state index in [0.29, 0.717) is 39.3 Å². The number of ether oxygens (including phenoxy) is 2. The van der Waals surface area contributed by atoms with Gasteiger partial charge in [-0.05, 0) is 20.3 Å². The van der Waals surface area contributed by atoms with E-state index < -0.39 is 5.97 Å². The molecule has 1 N–H and O–H groups in total. The molecular weight excluding hydrogens is 276 g/mol. The fourth-order valence-corrected chi connectivity index (χ4v) is 1.86. The summed E-state index contributed by atoms with van der Waals surface area (Å²) in [4.78, 5) is 26.5.